The highest BCUT2D eigenvalue weighted by atomic mass is 16.6. The molecule has 0 amide bonds. The van der Waals surface area contributed by atoms with Crippen LogP contribution in [0, 0.1) is 0 Å². The number of nitrogens with zero attached hydrogens (tertiary/aromatic N) is 1. The molecule has 30 heavy (non-hydrogen) atoms. The van der Waals surface area contributed by atoms with Gasteiger partial charge in [-0.3, -0.25) is 4.79 Å². The number of phenols is 1. The number of carboxylic acid groups (broad SMARTS) is 1. The van der Waals surface area contributed by atoms with Crippen molar-refractivity contribution in [1.82, 2.24) is 4.90 Å². The van der Waals surface area contributed by atoms with E-state index in [1.807, 2.05) is 13.1 Å². The van der Waals surface area contributed by atoms with E-state index in [1.165, 1.54) is 0 Å². The lowest BCUT2D eigenvalue weighted by Crippen LogP contribution is -2.74. The number of aromatic hydroxyl groups is 1. The Morgan fingerprint density at radius 3 is 2.90 bits per heavy atom. The summed E-state index contributed by atoms with van der Waals surface area (Å²) in [5, 5.41) is 41.0. The predicted molar refractivity (Wildman–Crippen MR) is 101 cm³/mol. The van der Waals surface area contributed by atoms with Gasteiger partial charge in [0.1, 0.15) is 5.76 Å². The van der Waals surface area contributed by atoms with Crippen LogP contribution in [-0.4, -0.2) is 74.7 Å². The van der Waals surface area contributed by atoms with Gasteiger partial charge in [0.15, 0.2) is 23.7 Å². The van der Waals surface area contributed by atoms with Gasteiger partial charge in [0.05, 0.1) is 17.4 Å². The number of esters is 1. The van der Waals surface area contributed by atoms with E-state index < -0.39 is 41.6 Å². The molecule has 5 rings (SSSR count). The van der Waals surface area contributed by atoms with Crippen molar-refractivity contribution in [3.8, 4) is 11.5 Å². The molecule has 1 fully saturated rings. The number of phenolic OH excluding ortho intramolecular Hbond substituents is 1. The average Bonchev–Trinajstić information content (AvgIpc) is 3.04. The third-order valence-electron chi connectivity index (χ3n) is 7.21. The second-order valence-electron chi connectivity index (χ2n) is 8.64. The van der Waals surface area contributed by atoms with Crippen molar-refractivity contribution < 1.29 is 39.5 Å². The number of piperidine rings is 1. The fourth-order valence-electron chi connectivity index (χ4n) is 5.87. The summed E-state index contributed by atoms with van der Waals surface area (Å²) < 4.78 is 11.5. The zero-order valence-corrected chi connectivity index (χ0v) is 16.4. The van der Waals surface area contributed by atoms with Crippen molar-refractivity contribution in [3.63, 3.8) is 0 Å². The first-order valence-corrected chi connectivity index (χ1v) is 9.95. The van der Waals surface area contributed by atoms with Crippen LogP contribution in [0.25, 0.3) is 0 Å². The molecule has 5 atom stereocenters. The first-order valence-electron chi connectivity index (χ1n) is 9.95. The highest BCUT2D eigenvalue weighted by Gasteiger charge is 2.72. The molecule has 0 aromatic heterocycles. The smallest absolute Gasteiger partial charge is 0.340 e. The number of likely N-dealkylation sites (N-methyl/N-ethyl adjacent to an activating group) is 1. The number of aliphatic hydroxyl groups is 2. The molecule has 2 aliphatic heterocycles. The monoisotopic (exact) mass is 417 g/mol. The van der Waals surface area contributed by atoms with E-state index in [0.29, 0.717) is 19.4 Å². The highest BCUT2D eigenvalue weighted by Crippen LogP contribution is 2.65. The fourth-order valence-corrected chi connectivity index (χ4v) is 5.87. The Morgan fingerprint density at radius 1 is 1.40 bits per heavy atom. The second-order valence-corrected chi connectivity index (χ2v) is 8.64. The summed E-state index contributed by atoms with van der Waals surface area (Å²) in [6, 6.07) is 3.23. The predicted octanol–water partition coefficient (Wildman–Crippen LogP) is 0.0487. The van der Waals surface area contributed by atoms with Gasteiger partial charge in [-0.05, 0) is 44.1 Å². The first-order chi connectivity index (χ1) is 14.2. The maximum Gasteiger partial charge on any atom is 0.340 e. The van der Waals surface area contributed by atoms with Gasteiger partial charge in [-0.2, -0.15) is 0 Å². The van der Waals surface area contributed by atoms with Gasteiger partial charge >= 0.3 is 11.9 Å². The lowest BCUT2D eigenvalue weighted by atomic mass is 9.50. The Labute approximate surface area is 172 Å². The summed E-state index contributed by atoms with van der Waals surface area (Å²) in [6.45, 7) is 0.685. The van der Waals surface area contributed by atoms with Crippen molar-refractivity contribution in [2.75, 3.05) is 13.6 Å². The van der Waals surface area contributed by atoms with Gasteiger partial charge in [0.25, 0.3) is 0 Å². The number of carboxylic acids is 1. The number of rotatable bonds is 4. The third kappa shape index (κ3) is 2.28. The van der Waals surface area contributed by atoms with Crippen molar-refractivity contribution >= 4 is 11.9 Å². The van der Waals surface area contributed by atoms with E-state index in [-0.39, 0.29) is 29.7 Å². The van der Waals surface area contributed by atoms with Gasteiger partial charge in [-0.25, -0.2) is 4.79 Å². The number of aliphatic carboxylic acids is 1. The Balaban J connectivity index is 1.60. The molecule has 1 aromatic carbocycles. The molecule has 1 saturated heterocycles. The number of carbonyl (C=O) groups excluding carboxylic acids is 1. The van der Waals surface area contributed by atoms with E-state index in [1.54, 1.807) is 12.1 Å². The van der Waals surface area contributed by atoms with Gasteiger partial charge in [0, 0.05) is 18.0 Å². The lowest BCUT2D eigenvalue weighted by molar-refractivity contribution is -0.173. The van der Waals surface area contributed by atoms with Crippen molar-refractivity contribution in [2.45, 2.75) is 54.9 Å². The number of benzene rings is 1. The maximum absolute atomic E-state index is 12.3. The normalized spacial score (nSPS) is 34.4. The zero-order chi connectivity index (χ0) is 21.4. The Kier molecular flexibility index (Phi) is 3.99. The van der Waals surface area contributed by atoms with Crippen molar-refractivity contribution in [1.29, 1.82) is 0 Å². The molecule has 0 saturated carbocycles. The number of ether oxygens (including phenoxy) is 2. The number of likely N-dealkylation sites (tertiary alicyclic amines) is 1. The first kappa shape index (κ1) is 19.3. The molecule has 4 N–H and O–H groups in total. The maximum atomic E-state index is 12.3. The van der Waals surface area contributed by atoms with E-state index in [9.17, 15) is 24.9 Å². The second kappa shape index (κ2) is 6.19. The number of carbonyl (C=O) groups is 2. The van der Waals surface area contributed by atoms with E-state index in [0.717, 1.165) is 11.1 Å². The van der Waals surface area contributed by atoms with Crippen LogP contribution in [-0.2, 0) is 26.2 Å². The van der Waals surface area contributed by atoms with Crippen LogP contribution >= 0.6 is 0 Å². The van der Waals surface area contributed by atoms with Gasteiger partial charge in [0.2, 0.25) is 0 Å². The summed E-state index contributed by atoms with van der Waals surface area (Å²) in [5.41, 5.74) is -0.364. The minimum Gasteiger partial charge on any atom is -0.504 e. The fraction of sp³-hybridized carbons (Fsp3) is 0.524. The minimum absolute atomic E-state index is 0.0474. The standard InChI is InChI=1S/C21H23NO8/c1-22-7-6-20-16-10-2-3-11(23)17(16)30-18(20)13(4-5-21(20,28)14(22)8-10)29-19(27)12(24)9-15(25)26/h2-4,12,14,18,23-24,28H,5-9H2,1H3,(H,25,26)/t12?,14-,18+,20+,21-/m1/s1. The van der Waals surface area contributed by atoms with Gasteiger partial charge in [-0.1, -0.05) is 6.07 Å². The molecule has 9 nitrogen and oxygen atoms in total. The molecule has 2 aliphatic carbocycles. The summed E-state index contributed by atoms with van der Waals surface area (Å²) in [7, 11) is 1.97. The molecule has 1 aromatic rings. The van der Waals surface area contributed by atoms with Crippen LogP contribution < -0.4 is 4.74 Å². The van der Waals surface area contributed by atoms with Crippen LogP contribution in [0.2, 0.25) is 0 Å². The molecule has 1 spiro atoms. The van der Waals surface area contributed by atoms with Crippen LogP contribution in [0.5, 0.6) is 11.5 Å². The van der Waals surface area contributed by atoms with Crippen molar-refractivity contribution in [2.24, 2.45) is 0 Å². The molecular formula is C21H23NO8. The number of aliphatic hydroxyl groups excluding tert-OH is 1. The summed E-state index contributed by atoms with van der Waals surface area (Å²) in [6.07, 6.45) is -0.542. The summed E-state index contributed by atoms with van der Waals surface area (Å²) in [5.74, 6) is -2.05. The Bertz CT molecular complexity index is 989. The largest absolute Gasteiger partial charge is 0.504 e. The van der Waals surface area contributed by atoms with Crippen molar-refractivity contribution in [3.05, 3.63) is 35.1 Å². The van der Waals surface area contributed by atoms with Crippen LogP contribution in [0.4, 0.5) is 0 Å². The molecule has 4 aliphatic rings. The Hall–Kier alpha value is -2.62. The molecule has 1 unspecified atom stereocenters. The van der Waals surface area contributed by atoms with E-state index in [4.69, 9.17) is 14.6 Å². The van der Waals surface area contributed by atoms with Gasteiger partial charge < -0.3 is 34.8 Å². The lowest BCUT2D eigenvalue weighted by Gasteiger charge is -2.61. The SMILES string of the molecule is CN1CC[C@]23c4c5ccc(O)c4O[C@H]2C(OC(=O)C(O)CC(=O)O)=CC[C@@]3(O)[C@H]1C5. The number of hydrogen-bond acceptors (Lipinski definition) is 8. The van der Waals surface area contributed by atoms with Gasteiger partial charge in [-0.15, -0.1) is 0 Å². The highest BCUT2D eigenvalue weighted by molar-refractivity contribution is 5.81. The molecule has 9 heteroatoms. The quantitative estimate of drug-likeness (QED) is 0.501. The molecule has 0 radical (unpaired) electrons. The molecule has 2 bridgehead atoms. The summed E-state index contributed by atoms with van der Waals surface area (Å²) >= 11 is 0. The Morgan fingerprint density at radius 2 is 2.17 bits per heavy atom. The minimum atomic E-state index is -1.81. The number of hydrogen-bond donors (Lipinski definition) is 4. The average molecular weight is 417 g/mol. The molecule has 160 valence electrons. The van der Waals surface area contributed by atoms with Crippen LogP contribution in [0.3, 0.4) is 0 Å². The summed E-state index contributed by atoms with van der Waals surface area (Å²) in [4.78, 5) is 25.2. The topological polar surface area (TPSA) is 137 Å². The zero-order valence-electron chi connectivity index (χ0n) is 16.4. The molecular weight excluding hydrogens is 394 g/mol. The van der Waals surface area contributed by atoms with E-state index >= 15 is 0 Å². The van der Waals surface area contributed by atoms with E-state index in [2.05, 4.69) is 4.90 Å². The molecule has 2 heterocycles. The van der Waals surface area contributed by atoms with Crippen LogP contribution in [0.15, 0.2) is 24.0 Å². The third-order valence-corrected chi connectivity index (χ3v) is 7.21. The van der Waals surface area contributed by atoms with Crippen LogP contribution in [0.1, 0.15) is 30.4 Å².